The maximum Gasteiger partial charge on any atom is 0.325 e. The van der Waals surface area contributed by atoms with Crippen molar-refractivity contribution in [3.8, 4) is 0 Å². The van der Waals surface area contributed by atoms with Crippen LogP contribution < -0.4 is 10.2 Å². The summed E-state index contributed by atoms with van der Waals surface area (Å²) >= 11 is 0. The summed E-state index contributed by atoms with van der Waals surface area (Å²) < 4.78 is 0. The van der Waals surface area contributed by atoms with Gasteiger partial charge in [-0.25, -0.2) is 4.98 Å². The zero-order chi connectivity index (χ0) is 15.4. The molecule has 21 heavy (non-hydrogen) atoms. The fourth-order valence-electron chi connectivity index (χ4n) is 2.29. The van der Waals surface area contributed by atoms with E-state index in [0.29, 0.717) is 5.56 Å². The topological polar surface area (TPSA) is 82.5 Å². The summed E-state index contributed by atoms with van der Waals surface area (Å²) in [7, 11) is 0. The van der Waals surface area contributed by atoms with Crippen molar-refractivity contribution < 1.29 is 14.7 Å². The minimum absolute atomic E-state index is 0.372. The maximum atomic E-state index is 11.9. The van der Waals surface area contributed by atoms with Crippen LogP contribution in [0.25, 0.3) is 0 Å². The molecule has 0 spiro atoms. The van der Waals surface area contributed by atoms with Gasteiger partial charge in [0, 0.05) is 19.3 Å². The van der Waals surface area contributed by atoms with Crippen LogP contribution in [0.2, 0.25) is 0 Å². The van der Waals surface area contributed by atoms with Gasteiger partial charge in [-0.15, -0.1) is 0 Å². The molecule has 1 aliphatic heterocycles. The normalized spacial score (nSPS) is 17.3. The minimum atomic E-state index is -1.06. The zero-order valence-electron chi connectivity index (χ0n) is 12.4. The van der Waals surface area contributed by atoms with Crippen molar-refractivity contribution in [1.29, 1.82) is 0 Å². The standard InChI is InChI=1S/C15H21N3O3/c1-10-5-7-18(8-6-10)13-4-3-12(9-16-13)14(19)17-11(2)15(20)21/h3-4,9-11H,5-8H2,1-2H3,(H,17,19)(H,20,21)/t11-/m0/s1. The van der Waals surface area contributed by atoms with Gasteiger partial charge in [0.05, 0.1) is 5.56 Å². The van der Waals surface area contributed by atoms with Gasteiger partial charge in [-0.3, -0.25) is 9.59 Å². The fourth-order valence-corrected chi connectivity index (χ4v) is 2.29. The number of carbonyl (C=O) groups excluding carboxylic acids is 1. The summed E-state index contributed by atoms with van der Waals surface area (Å²) in [6.45, 7) is 5.64. The predicted molar refractivity (Wildman–Crippen MR) is 79.4 cm³/mol. The number of pyridine rings is 1. The molecule has 0 aromatic carbocycles. The molecule has 1 atom stereocenters. The van der Waals surface area contributed by atoms with Crippen LogP contribution in [0.1, 0.15) is 37.0 Å². The number of aromatic nitrogens is 1. The molecule has 1 amide bonds. The highest BCUT2D eigenvalue weighted by Gasteiger charge is 2.18. The summed E-state index contributed by atoms with van der Waals surface area (Å²) in [6, 6.07) is 2.58. The van der Waals surface area contributed by atoms with Crippen LogP contribution >= 0.6 is 0 Å². The van der Waals surface area contributed by atoms with Crippen molar-refractivity contribution in [2.45, 2.75) is 32.7 Å². The number of carboxylic acids is 1. The van der Waals surface area contributed by atoms with E-state index in [1.54, 1.807) is 6.07 Å². The molecular formula is C15H21N3O3. The number of nitrogens with one attached hydrogen (secondary N) is 1. The van der Waals surface area contributed by atoms with Crippen molar-refractivity contribution in [2.75, 3.05) is 18.0 Å². The minimum Gasteiger partial charge on any atom is -0.480 e. The summed E-state index contributed by atoms with van der Waals surface area (Å²) in [6.07, 6.45) is 3.80. The molecule has 0 unspecified atom stereocenters. The van der Waals surface area contributed by atoms with E-state index in [4.69, 9.17) is 5.11 Å². The molecule has 2 heterocycles. The third-order valence-corrected chi connectivity index (χ3v) is 3.84. The van der Waals surface area contributed by atoms with Crippen LogP contribution in [-0.4, -0.2) is 41.1 Å². The molecule has 1 aromatic heterocycles. The molecule has 1 aromatic rings. The Hall–Kier alpha value is -2.11. The van der Waals surface area contributed by atoms with E-state index in [-0.39, 0.29) is 0 Å². The Morgan fingerprint density at radius 2 is 2.05 bits per heavy atom. The van der Waals surface area contributed by atoms with Gasteiger partial charge in [0.25, 0.3) is 5.91 Å². The van der Waals surface area contributed by atoms with Gasteiger partial charge in [0.15, 0.2) is 0 Å². The van der Waals surface area contributed by atoms with Crippen LogP contribution in [0.3, 0.4) is 0 Å². The summed E-state index contributed by atoms with van der Waals surface area (Å²) in [5.41, 5.74) is 0.372. The molecule has 0 saturated carbocycles. The third-order valence-electron chi connectivity index (χ3n) is 3.84. The van der Waals surface area contributed by atoms with Crippen molar-refractivity contribution >= 4 is 17.7 Å². The van der Waals surface area contributed by atoms with Gasteiger partial charge in [-0.05, 0) is 37.8 Å². The molecule has 2 rings (SSSR count). The van der Waals surface area contributed by atoms with Crippen molar-refractivity contribution in [2.24, 2.45) is 5.92 Å². The van der Waals surface area contributed by atoms with Gasteiger partial charge in [-0.2, -0.15) is 0 Å². The highest BCUT2D eigenvalue weighted by molar-refractivity contribution is 5.96. The van der Waals surface area contributed by atoms with E-state index in [1.807, 2.05) is 6.07 Å². The van der Waals surface area contributed by atoms with Crippen LogP contribution in [0.15, 0.2) is 18.3 Å². The molecule has 6 heteroatoms. The second-order valence-corrected chi connectivity index (χ2v) is 5.61. The van der Waals surface area contributed by atoms with E-state index >= 15 is 0 Å². The molecular weight excluding hydrogens is 270 g/mol. The number of hydrogen-bond acceptors (Lipinski definition) is 4. The number of carbonyl (C=O) groups is 2. The van der Waals surface area contributed by atoms with Gasteiger partial charge in [0.2, 0.25) is 0 Å². The van der Waals surface area contributed by atoms with E-state index in [2.05, 4.69) is 22.1 Å². The Morgan fingerprint density at radius 1 is 1.38 bits per heavy atom. The van der Waals surface area contributed by atoms with E-state index in [0.717, 1.165) is 37.7 Å². The van der Waals surface area contributed by atoms with Crippen LogP contribution in [0, 0.1) is 5.92 Å². The quantitative estimate of drug-likeness (QED) is 0.879. The monoisotopic (exact) mass is 291 g/mol. The van der Waals surface area contributed by atoms with Gasteiger partial charge < -0.3 is 15.3 Å². The van der Waals surface area contributed by atoms with Crippen LogP contribution in [0.5, 0.6) is 0 Å². The number of piperidine rings is 1. The SMILES string of the molecule is CC1CCN(c2ccc(C(=O)N[C@@H](C)C(=O)O)cn2)CC1. The largest absolute Gasteiger partial charge is 0.480 e. The van der Waals surface area contributed by atoms with Gasteiger partial charge in [0.1, 0.15) is 11.9 Å². The first-order valence-electron chi connectivity index (χ1n) is 7.22. The fraction of sp³-hybridized carbons (Fsp3) is 0.533. The van der Waals surface area contributed by atoms with Gasteiger partial charge in [-0.1, -0.05) is 6.92 Å². The third kappa shape index (κ3) is 3.93. The lowest BCUT2D eigenvalue weighted by atomic mass is 9.99. The lowest BCUT2D eigenvalue weighted by Crippen LogP contribution is -2.38. The summed E-state index contributed by atoms with van der Waals surface area (Å²) in [5.74, 6) is 0.139. The second kappa shape index (κ2) is 6.56. The van der Waals surface area contributed by atoms with Crippen LogP contribution in [0.4, 0.5) is 5.82 Å². The average Bonchev–Trinajstić information content (AvgIpc) is 2.48. The Balaban J connectivity index is 1.98. The van der Waals surface area contributed by atoms with Crippen LogP contribution in [-0.2, 0) is 4.79 Å². The number of aliphatic carboxylic acids is 1. The predicted octanol–water partition coefficient (Wildman–Crippen LogP) is 1.52. The molecule has 0 radical (unpaired) electrons. The molecule has 2 N–H and O–H groups in total. The van der Waals surface area contributed by atoms with Crippen molar-refractivity contribution in [1.82, 2.24) is 10.3 Å². The number of nitrogens with zero attached hydrogens (tertiary/aromatic N) is 2. The number of amides is 1. The van der Waals surface area contributed by atoms with E-state index in [1.165, 1.54) is 13.1 Å². The van der Waals surface area contributed by atoms with Crippen molar-refractivity contribution in [3.63, 3.8) is 0 Å². The molecule has 6 nitrogen and oxygen atoms in total. The number of hydrogen-bond donors (Lipinski definition) is 2. The lowest BCUT2D eigenvalue weighted by molar-refractivity contribution is -0.138. The Morgan fingerprint density at radius 3 is 2.57 bits per heavy atom. The van der Waals surface area contributed by atoms with E-state index < -0.39 is 17.9 Å². The zero-order valence-corrected chi connectivity index (χ0v) is 12.4. The molecule has 0 aliphatic carbocycles. The molecule has 0 bridgehead atoms. The maximum absolute atomic E-state index is 11.9. The number of rotatable bonds is 4. The first-order chi connectivity index (χ1) is 9.97. The van der Waals surface area contributed by atoms with Crippen molar-refractivity contribution in [3.05, 3.63) is 23.9 Å². The molecule has 1 fully saturated rings. The molecule has 114 valence electrons. The summed E-state index contributed by atoms with van der Waals surface area (Å²) in [5, 5.41) is 11.2. The molecule has 1 saturated heterocycles. The summed E-state index contributed by atoms with van der Waals surface area (Å²) in [4.78, 5) is 29.1. The molecule has 1 aliphatic rings. The Bertz CT molecular complexity index is 507. The lowest BCUT2D eigenvalue weighted by Gasteiger charge is -2.31. The first-order valence-corrected chi connectivity index (χ1v) is 7.22. The number of carboxylic acid groups (broad SMARTS) is 1. The highest BCUT2D eigenvalue weighted by Crippen LogP contribution is 2.21. The smallest absolute Gasteiger partial charge is 0.325 e. The first kappa shape index (κ1) is 15.3. The second-order valence-electron chi connectivity index (χ2n) is 5.61. The Kier molecular flexibility index (Phi) is 4.77. The number of anilines is 1. The average molecular weight is 291 g/mol. The highest BCUT2D eigenvalue weighted by atomic mass is 16.4. The van der Waals surface area contributed by atoms with Gasteiger partial charge >= 0.3 is 5.97 Å². The van der Waals surface area contributed by atoms with E-state index in [9.17, 15) is 9.59 Å². The Labute approximate surface area is 124 Å².